The number of para-hydroxylation sites is 1. The van der Waals surface area contributed by atoms with Gasteiger partial charge in [0.15, 0.2) is 5.75 Å². The number of carbonyl (C=O) groups is 2. The van der Waals surface area contributed by atoms with Crippen LogP contribution < -0.4 is 10.1 Å². The van der Waals surface area contributed by atoms with Crippen LogP contribution in [-0.2, 0) is 11.3 Å². The van der Waals surface area contributed by atoms with Crippen molar-refractivity contribution in [3.63, 3.8) is 0 Å². The summed E-state index contributed by atoms with van der Waals surface area (Å²) in [7, 11) is 2.07. The fourth-order valence-corrected chi connectivity index (χ4v) is 5.43. The van der Waals surface area contributed by atoms with Crippen molar-refractivity contribution in [3.8, 4) is 5.75 Å². The van der Waals surface area contributed by atoms with Crippen LogP contribution in [0.15, 0.2) is 48.5 Å². The van der Waals surface area contributed by atoms with Crippen LogP contribution in [0.3, 0.4) is 0 Å². The number of likely N-dealkylation sites (N-methyl/N-ethyl adjacent to an activating group) is 1. The molecule has 1 fully saturated rings. The Balaban J connectivity index is 1.63. The lowest BCUT2D eigenvalue weighted by Crippen LogP contribution is -2.49. The van der Waals surface area contributed by atoms with Gasteiger partial charge < -0.3 is 20.1 Å². The van der Waals surface area contributed by atoms with Gasteiger partial charge in [0.1, 0.15) is 6.10 Å². The number of hydrogen-bond donors (Lipinski definition) is 2. The molecule has 7 nitrogen and oxygen atoms in total. The van der Waals surface area contributed by atoms with Crippen LogP contribution in [0.25, 0.3) is 0 Å². The molecular weight excluding hydrogens is 466 g/mol. The Bertz CT molecular complexity index is 1050. The number of benzene rings is 2. The van der Waals surface area contributed by atoms with Crippen molar-refractivity contribution in [1.29, 1.82) is 0 Å². The van der Waals surface area contributed by atoms with Crippen molar-refractivity contribution in [2.24, 2.45) is 11.8 Å². The standard InChI is InChI=1S/C30H41N3O4/c1-21-17-33(22(2)20-34)30(36)25-15-10-16-26(31-29(35)24-13-8-5-9-14-24)28(25)37-27(21)19-32(3)18-23-11-6-4-7-12-23/h4,6-7,10-12,15-16,21-22,24,27,34H,5,8-9,13-14,17-20H2,1-3H3,(H,31,35)/t21-,22+,27+/m0/s1. The first-order valence-corrected chi connectivity index (χ1v) is 13.6. The van der Waals surface area contributed by atoms with Gasteiger partial charge in [-0.2, -0.15) is 0 Å². The molecule has 4 rings (SSSR count). The number of nitrogens with zero attached hydrogens (tertiary/aromatic N) is 2. The third-order valence-electron chi connectivity index (χ3n) is 7.71. The number of nitrogens with one attached hydrogen (secondary N) is 1. The van der Waals surface area contributed by atoms with Crippen molar-refractivity contribution in [2.75, 3.05) is 32.1 Å². The lowest BCUT2D eigenvalue weighted by atomic mass is 9.88. The zero-order valence-corrected chi connectivity index (χ0v) is 22.4. The molecule has 0 spiro atoms. The van der Waals surface area contributed by atoms with Crippen LogP contribution in [0.4, 0.5) is 5.69 Å². The molecule has 3 atom stereocenters. The van der Waals surface area contributed by atoms with E-state index < -0.39 is 0 Å². The summed E-state index contributed by atoms with van der Waals surface area (Å²) in [5.41, 5.74) is 2.18. The number of fused-ring (bicyclic) bond motifs is 1. The predicted octanol–water partition coefficient (Wildman–Crippen LogP) is 4.56. The number of anilines is 1. The average Bonchev–Trinajstić information content (AvgIpc) is 2.91. The number of aliphatic hydroxyl groups excluding tert-OH is 1. The second-order valence-corrected chi connectivity index (χ2v) is 10.8. The van der Waals surface area contributed by atoms with Gasteiger partial charge >= 0.3 is 0 Å². The van der Waals surface area contributed by atoms with Crippen LogP contribution in [0.2, 0.25) is 0 Å². The summed E-state index contributed by atoms with van der Waals surface area (Å²) in [5, 5.41) is 13.0. The van der Waals surface area contributed by atoms with E-state index in [0.29, 0.717) is 30.1 Å². The van der Waals surface area contributed by atoms with Gasteiger partial charge in [-0.25, -0.2) is 0 Å². The van der Waals surface area contributed by atoms with Gasteiger partial charge in [-0.3, -0.25) is 14.5 Å². The van der Waals surface area contributed by atoms with Crippen molar-refractivity contribution in [3.05, 3.63) is 59.7 Å². The SMILES string of the molecule is C[C@H](CO)N1C[C@H](C)[C@@H](CN(C)Cc2ccccc2)Oc2c(NC(=O)C3CCCCC3)cccc2C1=O. The van der Waals surface area contributed by atoms with Gasteiger partial charge in [-0.15, -0.1) is 0 Å². The normalized spacial score (nSPS) is 21.5. The molecule has 0 bridgehead atoms. The first-order valence-electron chi connectivity index (χ1n) is 13.6. The summed E-state index contributed by atoms with van der Waals surface area (Å²) in [6.45, 7) is 5.72. The van der Waals surface area contributed by atoms with E-state index in [-0.39, 0.29) is 42.4 Å². The zero-order valence-electron chi connectivity index (χ0n) is 22.4. The molecule has 2 aromatic rings. The first kappa shape index (κ1) is 27.1. The molecule has 7 heteroatoms. The molecule has 1 aliphatic heterocycles. The molecule has 1 aliphatic carbocycles. The predicted molar refractivity (Wildman–Crippen MR) is 146 cm³/mol. The van der Waals surface area contributed by atoms with Crippen LogP contribution >= 0.6 is 0 Å². The molecule has 0 aromatic heterocycles. The van der Waals surface area contributed by atoms with E-state index >= 15 is 0 Å². The van der Waals surface area contributed by atoms with Crippen molar-refractivity contribution >= 4 is 17.5 Å². The molecule has 0 unspecified atom stereocenters. The molecule has 2 aliphatic rings. The minimum Gasteiger partial charge on any atom is -0.486 e. The summed E-state index contributed by atoms with van der Waals surface area (Å²) in [5.74, 6) is 0.236. The fourth-order valence-electron chi connectivity index (χ4n) is 5.43. The number of ether oxygens (including phenoxy) is 1. The Labute approximate surface area is 220 Å². The highest BCUT2D eigenvalue weighted by molar-refractivity contribution is 6.02. The van der Waals surface area contributed by atoms with Crippen LogP contribution in [-0.4, -0.2) is 65.6 Å². The highest BCUT2D eigenvalue weighted by Crippen LogP contribution is 2.36. The summed E-state index contributed by atoms with van der Waals surface area (Å²) in [6, 6.07) is 15.3. The molecule has 0 radical (unpaired) electrons. The van der Waals surface area contributed by atoms with Crippen LogP contribution in [0.5, 0.6) is 5.75 Å². The van der Waals surface area contributed by atoms with Gasteiger partial charge in [-0.05, 0) is 44.5 Å². The fraction of sp³-hybridized carbons (Fsp3) is 0.533. The number of carbonyl (C=O) groups excluding carboxylic acids is 2. The second kappa shape index (κ2) is 12.6. The molecule has 0 saturated heterocycles. The van der Waals surface area contributed by atoms with Gasteiger partial charge in [0.25, 0.3) is 5.91 Å². The summed E-state index contributed by atoms with van der Waals surface area (Å²) < 4.78 is 6.64. The largest absolute Gasteiger partial charge is 0.486 e. The molecular formula is C30H41N3O4. The van der Waals surface area contributed by atoms with Crippen molar-refractivity contribution in [2.45, 2.75) is 64.6 Å². The topological polar surface area (TPSA) is 82.1 Å². The number of aliphatic hydroxyl groups is 1. The highest BCUT2D eigenvalue weighted by atomic mass is 16.5. The van der Waals surface area contributed by atoms with E-state index in [4.69, 9.17) is 4.74 Å². The van der Waals surface area contributed by atoms with Gasteiger partial charge in [0.05, 0.1) is 23.9 Å². The van der Waals surface area contributed by atoms with Crippen molar-refractivity contribution < 1.29 is 19.4 Å². The van der Waals surface area contributed by atoms with Gasteiger partial charge in [0, 0.05) is 31.5 Å². The third kappa shape index (κ3) is 6.70. The Morgan fingerprint density at radius 3 is 2.57 bits per heavy atom. The maximum atomic E-state index is 13.7. The molecule has 37 heavy (non-hydrogen) atoms. The van der Waals surface area contributed by atoms with E-state index in [1.54, 1.807) is 17.0 Å². The third-order valence-corrected chi connectivity index (χ3v) is 7.71. The Morgan fingerprint density at radius 1 is 1.14 bits per heavy atom. The van der Waals surface area contributed by atoms with E-state index in [0.717, 1.165) is 32.2 Å². The van der Waals surface area contributed by atoms with Crippen LogP contribution in [0, 0.1) is 11.8 Å². The maximum absolute atomic E-state index is 13.7. The monoisotopic (exact) mass is 507 g/mol. The average molecular weight is 508 g/mol. The van der Waals surface area contributed by atoms with E-state index in [1.807, 2.05) is 31.2 Å². The zero-order chi connectivity index (χ0) is 26.4. The van der Waals surface area contributed by atoms with Gasteiger partial charge in [-0.1, -0.05) is 62.6 Å². The molecule has 1 saturated carbocycles. The molecule has 2 N–H and O–H groups in total. The summed E-state index contributed by atoms with van der Waals surface area (Å²) >= 11 is 0. The van der Waals surface area contributed by atoms with E-state index in [9.17, 15) is 14.7 Å². The number of rotatable bonds is 8. The molecule has 2 aromatic carbocycles. The van der Waals surface area contributed by atoms with Crippen molar-refractivity contribution in [1.82, 2.24) is 9.80 Å². The van der Waals surface area contributed by atoms with E-state index in [2.05, 4.69) is 36.3 Å². The maximum Gasteiger partial charge on any atom is 0.258 e. The van der Waals surface area contributed by atoms with E-state index in [1.165, 1.54) is 12.0 Å². The molecule has 1 heterocycles. The van der Waals surface area contributed by atoms with Gasteiger partial charge in [0.2, 0.25) is 5.91 Å². The summed E-state index contributed by atoms with van der Waals surface area (Å²) in [6.07, 6.45) is 4.89. The minimum absolute atomic E-state index is 0.00224. The van der Waals surface area contributed by atoms with Crippen LogP contribution in [0.1, 0.15) is 61.9 Å². The lowest BCUT2D eigenvalue weighted by molar-refractivity contribution is -0.120. The second-order valence-electron chi connectivity index (χ2n) is 10.8. The summed E-state index contributed by atoms with van der Waals surface area (Å²) in [4.78, 5) is 30.8. The first-order chi connectivity index (χ1) is 17.9. The minimum atomic E-state index is -0.330. The molecule has 200 valence electrons. The number of amides is 2. The molecule has 2 amide bonds. The highest BCUT2D eigenvalue weighted by Gasteiger charge is 2.35. The lowest BCUT2D eigenvalue weighted by Gasteiger charge is -2.38. The number of hydrogen-bond acceptors (Lipinski definition) is 5. The Morgan fingerprint density at radius 2 is 1.86 bits per heavy atom. The quantitative estimate of drug-likeness (QED) is 0.548. The Kier molecular flexibility index (Phi) is 9.22. The smallest absolute Gasteiger partial charge is 0.258 e. The Hall–Kier alpha value is -2.90.